The van der Waals surface area contributed by atoms with E-state index in [4.69, 9.17) is 19.2 Å². The highest BCUT2D eigenvalue weighted by atomic mass is 16.5. The Hall–Kier alpha value is -4.26. The van der Waals surface area contributed by atoms with Gasteiger partial charge in [-0.2, -0.15) is 0 Å². The van der Waals surface area contributed by atoms with Crippen molar-refractivity contribution in [1.82, 2.24) is 14.9 Å². The van der Waals surface area contributed by atoms with Crippen LogP contribution in [-0.4, -0.2) is 42.3 Å². The van der Waals surface area contributed by atoms with Crippen LogP contribution in [0.4, 0.5) is 0 Å². The van der Waals surface area contributed by atoms with Crippen LogP contribution >= 0.6 is 0 Å². The lowest BCUT2D eigenvalue weighted by Gasteiger charge is -2.13. The first-order valence-electron chi connectivity index (χ1n) is 13.0. The Morgan fingerprint density at radius 2 is 1.82 bits per heavy atom. The summed E-state index contributed by atoms with van der Waals surface area (Å²) in [5.74, 6) is 2.97. The first-order chi connectivity index (χ1) is 18.7. The van der Waals surface area contributed by atoms with E-state index in [1.165, 1.54) is 0 Å². The first kappa shape index (κ1) is 26.8. The lowest BCUT2D eigenvalue weighted by molar-refractivity contribution is -0.123. The molecule has 4 aromatic rings. The Bertz CT molecular complexity index is 1330. The van der Waals surface area contributed by atoms with Gasteiger partial charge in [0, 0.05) is 19.5 Å². The molecule has 1 aromatic heterocycles. The molecular weight excluding hydrogens is 478 g/mol. The zero-order chi connectivity index (χ0) is 26.6. The maximum absolute atomic E-state index is 12.2. The van der Waals surface area contributed by atoms with Crippen molar-refractivity contribution in [2.75, 3.05) is 26.9 Å². The number of amides is 1. The minimum atomic E-state index is -0.151. The molecule has 1 heterocycles. The van der Waals surface area contributed by atoms with Crippen LogP contribution in [0.15, 0.2) is 85.5 Å². The topological polar surface area (TPSA) is 74.6 Å². The normalized spacial score (nSPS) is 10.8. The molecule has 7 heteroatoms. The van der Waals surface area contributed by atoms with Crippen LogP contribution in [-0.2, 0) is 24.2 Å². The van der Waals surface area contributed by atoms with Gasteiger partial charge in [0.2, 0.25) is 0 Å². The van der Waals surface area contributed by atoms with Gasteiger partial charge >= 0.3 is 0 Å². The number of para-hydroxylation sites is 3. The van der Waals surface area contributed by atoms with E-state index in [2.05, 4.69) is 22.5 Å². The summed E-state index contributed by atoms with van der Waals surface area (Å²) in [5.41, 5.74) is 3.20. The van der Waals surface area contributed by atoms with Crippen LogP contribution in [0.5, 0.6) is 17.2 Å². The van der Waals surface area contributed by atoms with Gasteiger partial charge in [-0.1, -0.05) is 42.5 Å². The third-order valence-electron chi connectivity index (χ3n) is 6.16. The zero-order valence-electron chi connectivity index (χ0n) is 21.9. The number of allylic oxidation sites excluding steroid dienone is 1. The number of nitrogens with one attached hydrogen (secondary N) is 1. The number of aromatic nitrogens is 2. The minimum absolute atomic E-state index is 0.0117. The lowest BCUT2D eigenvalue weighted by Crippen LogP contribution is -2.31. The SMILES string of the molecule is C=CCc1ccc(OCCCCn2c(CCNC(=O)COc3ccccc3)nc3ccccc32)c(OC)c1. The van der Waals surface area contributed by atoms with Crippen molar-refractivity contribution in [3.63, 3.8) is 0 Å². The average Bonchev–Trinajstić information content (AvgIpc) is 3.30. The number of hydrogen-bond acceptors (Lipinski definition) is 5. The summed E-state index contributed by atoms with van der Waals surface area (Å²) in [6, 6.07) is 23.4. The van der Waals surface area contributed by atoms with Gasteiger partial charge in [0.15, 0.2) is 18.1 Å². The fraction of sp³-hybridized carbons (Fsp3) is 0.290. The van der Waals surface area contributed by atoms with Crippen LogP contribution in [0.3, 0.4) is 0 Å². The molecule has 0 saturated carbocycles. The number of aryl methyl sites for hydroxylation is 1. The number of hydrogen-bond donors (Lipinski definition) is 1. The van der Waals surface area contributed by atoms with Crippen molar-refractivity contribution >= 4 is 16.9 Å². The molecule has 0 aliphatic rings. The summed E-state index contributed by atoms with van der Waals surface area (Å²) in [6.45, 7) is 5.68. The molecule has 1 N–H and O–H groups in total. The van der Waals surface area contributed by atoms with Gasteiger partial charge in [0.05, 0.1) is 24.8 Å². The van der Waals surface area contributed by atoms with Crippen molar-refractivity contribution in [1.29, 1.82) is 0 Å². The van der Waals surface area contributed by atoms with E-state index in [0.29, 0.717) is 25.3 Å². The smallest absolute Gasteiger partial charge is 0.257 e. The zero-order valence-corrected chi connectivity index (χ0v) is 21.9. The molecule has 0 aliphatic heterocycles. The summed E-state index contributed by atoms with van der Waals surface area (Å²) in [4.78, 5) is 17.1. The summed E-state index contributed by atoms with van der Waals surface area (Å²) in [7, 11) is 1.66. The number of benzene rings is 3. The fourth-order valence-corrected chi connectivity index (χ4v) is 4.28. The number of carbonyl (C=O) groups excluding carboxylic acids is 1. The number of nitrogens with zero attached hydrogens (tertiary/aromatic N) is 2. The third-order valence-corrected chi connectivity index (χ3v) is 6.16. The largest absolute Gasteiger partial charge is 0.493 e. The number of carbonyl (C=O) groups is 1. The Morgan fingerprint density at radius 3 is 2.63 bits per heavy atom. The number of unbranched alkanes of at least 4 members (excludes halogenated alkanes) is 1. The number of imidazole rings is 1. The van der Waals surface area contributed by atoms with Crippen LogP contribution in [0.2, 0.25) is 0 Å². The molecule has 0 spiro atoms. The number of fused-ring (bicyclic) bond motifs is 1. The van der Waals surface area contributed by atoms with Crippen molar-refractivity contribution < 1.29 is 19.0 Å². The Balaban J connectivity index is 1.27. The Kier molecular flexibility index (Phi) is 9.79. The van der Waals surface area contributed by atoms with E-state index in [1.807, 2.05) is 72.8 Å². The van der Waals surface area contributed by atoms with Gasteiger partial charge in [-0.05, 0) is 61.2 Å². The van der Waals surface area contributed by atoms with E-state index >= 15 is 0 Å². The summed E-state index contributed by atoms with van der Waals surface area (Å²) in [6.07, 6.45) is 5.12. The molecule has 4 rings (SSSR count). The molecule has 0 atom stereocenters. The first-order valence-corrected chi connectivity index (χ1v) is 13.0. The van der Waals surface area contributed by atoms with Crippen LogP contribution in [0.1, 0.15) is 24.2 Å². The number of methoxy groups -OCH3 is 1. The highest BCUT2D eigenvalue weighted by molar-refractivity contribution is 5.77. The van der Waals surface area contributed by atoms with E-state index in [0.717, 1.165) is 59.7 Å². The van der Waals surface area contributed by atoms with Crippen LogP contribution in [0, 0.1) is 0 Å². The highest BCUT2D eigenvalue weighted by Gasteiger charge is 2.12. The minimum Gasteiger partial charge on any atom is -0.493 e. The molecular formula is C31H35N3O4. The molecule has 7 nitrogen and oxygen atoms in total. The van der Waals surface area contributed by atoms with Crippen molar-refractivity contribution in [2.24, 2.45) is 0 Å². The molecule has 0 saturated heterocycles. The van der Waals surface area contributed by atoms with Crippen molar-refractivity contribution in [3.05, 3.63) is 96.8 Å². The Labute approximate surface area is 224 Å². The van der Waals surface area contributed by atoms with Gasteiger partial charge in [-0.15, -0.1) is 6.58 Å². The van der Waals surface area contributed by atoms with Crippen LogP contribution in [0.25, 0.3) is 11.0 Å². The molecule has 0 bridgehead atoms. The highest BCUT2D eigenvalue weighted by Crippen LogP contribution is 2.28. The molecule has 198 valence electrons. The quantitative estimate of drug-likeness (QED) is 0.171. The van der Waals surface area contributed by atoms with Crippen LogP contribution < -0.4 is 19.5 Å². The molecule has 0 radical (unpaired) electrons. The second kappa shape index (κ2) is 13.9. The standard InChI is InChI=1S/C31H35N3O4/c1-3-11-24-16-17-28(29(22-24)36-2)37-21-10-9-20-34-27-15-8-7-14-26(27)33-30(34)18-19-32-31(35)23-38-25-12-5-4-6-13-25/h3-8,12-17,22H,1,9-11,18-21,23H2,2H3,(H,32,35). The molecule has 3 aromatic carbocycles. The lowest BCUT2D eigenvalue weighted by atomic mass is 10.1. The second-order valence-corrected chi connectivity index (χ2v) is 8.90. The molecule has 1 amide bonds. The fourth-order valence-electron chi connectivity index (χ4n) is 4.28. The summed E-state index contributed by atoms with van der Waals surface area (Å²) in [5, 5.41) is 2.94. The average molecular weight is 514 g/mol. The van der Waals surface area contributed by atoms with Gasteiger partial charge in [-0.3, -0.25) is 4.79 Å². The maximum atomic E-state index is 12.2. The molecule has 0 aliphatic carbocycles. The van der Waals surface area contributed by atoms with E-state index < -0.39 is 0 Å². The van der Waals surface area contributed by atoms with Gasteiger partial charge in [0.25, 0.3) is 5.91 Å². The van der Waals surface area contributed by atoms with Crippen molar-refractivity contribution in [2.45, 2.75) is 32.2 Å². The summed E-state index contributed by atoms with van der Waals surface area (Å²) >= 11 is 0. The molecule has 0 unspecified atom stereocenters. The third kappa shape index (κ3) is 7.38. The van der Waals surface area contributed by atoms with Gasteiger partial charge in [0.1, 0.15) is 11.6 Å². The Morgan fingerprint density at radius 1 is 1.00 bits per heavy atom. The molecule has 38 heavy (non-hydrogen) atoms. The number of ether oxygens (including phenoxy) is 3. The van der Waals surface area contributed by atoms with E-state index in [-0.39, 0.29) is 12.5 Å². The van der Waals surface area contributed by atoms with E-state index in [1.54, 1.807) is 7.11 Å². The predicted molar refractivity (Wildman–Crippen MR) is 150 cm³/mol. The van der Waals surface area contributed by atoms with Crippen molar-refractivity contribution in [3.8, 4) is 17.2 Å². The summed E-state index contributed by atoms with van der Waals surface area (Å²) < 4.78 is 19.3. The second-order valence-electron chi connectivity index (χ2n) is 8.90. The predicted octanol–water partition coefficient (Wildman–Crippen LogP) is 5.37. The monoisotopic (exact) mass is 513 g/mol. The number of rotatable bonds is 15. The van der Waals surface area contributed by atoms with E-state index in [9.17, 15) is 4.79 Å². The van der Waals surface area contributed by atoms with Gasteiger partial charge < -0.3 is 24.1 Å². The molecule has 0 fully saturated rings. The van der Waals surface area contributed by atoms with Gasteiger partial charge in [-0.25, -0.2) is 4.98 Å². The maximum Gasteiger partial charge on any atom is 0.257 e.